The number of aromatic amines is 1. The van der Waals surface area contributed by atoms with E-state index in [-0.39, 0.29) is 0 Å². The molecule has 0 atom stereocenters. The van der Waals surface area contributed by atoms with Gasteiger partial charge in [0.2, 0.25) is 0 Å². The van der Waals surface area contributed by atoms with Crippen molar-refractivity contribution in [2.24, 2.45) is 0 Å². The minimum Gasteiger partial charge on any atom is -0.365 e. The van der Waals surface area contributed by atoms with Crippen molar-refractivity contribution < 1.29 is 0 Å². The number of benzene rings is 1. The Kier molecular flexibility index (Phi) is 3.56. The fourth-order valence-electron chi connectivity index (χ4n) is 2.10. The van der Waals surface area contributed by atoms with Gasteiger partial charge < -0.3 is 5.32 Å². The van der Waals surface area contributed by atoms with E-state index >= 15 is 0 Å². The van der Waals surface area contributed by atoms with Crippen molar-refractivity contribution in [1.82, 2.24) is 20.2 Å². The molecule has 0 aliphatic carbocycles. The maximum atomic E-state index is 4.34. The van der Waals surface area contributed by atoms with E-state index in [4.69, 9.17) is 0 Å². The van der Waals surface area contributed by atoms with Crippen LogP contribution < -0.4 is 5.32 Å². The number of rotatable bonds is 4. The van der Waals surface area contributed by atoms with Crippen molar-refractivity contribution in [2.75, 3.05) is 11.6 Å². The summed E-state index contributed by atoms with van der Waals surface area (Å²) in [6.07, 6.45) is 3.54. The zero-order valence-corrected chi connectivity index (χ0v) is 12.2. The maximum absolute atomic E-state index is 4.34. The van der Waals surface area contributed by atoms with Crippen LogP contribution in [0.2, 0.25) is 0 Å². The molecule has 0 unspecified atom stereocenters. The summed E-state index contributed by atoms with van der Waals surface area (Å²) in [6, 6.07) is 8.32. The van der Waals surface area contributed by atoms with Gasteiger partial charge in [0.25, 0.3) is 0 Å². The lowest BCUT2D eigenvalue weighted by Gasteiger charge is -2.09. The Labute approximate surface area is 121 Å². The van der Waals surface area contributed by atoms with Crippen molar-refractivity contribution >= 4 is 28.6 Å². The first-order valence-corrected chi connectivity index (χ1v) is 7.53. The molecule has 0 spiro atoms. The van der Waals surface area contributed by atoms with E-state index in [1.165, 1.54) is 11.1 Å². The SMILES string of the molecule is CSc1n[nH]c2ncnc(NCc3ccccc3C)c12. The third kappa shape index (κ3) is 2.34. The third-order valence-corrected chi connectivity index (χ3v) is 3.91. The molecule has 5 nitrogen and oxygen atoms in total. The quantitative estimate of drug-likeness (QED) is 0.721. The molecule has 0 fully saturated rings. The number of nitrogens with zero attached hydrogens (tertiary/aromatic N) is 3. The molecule has 20 heavy (non-hydrogen) atoms. The van der Waals surface area contributed by atoms with Gasteiger partial charge in [-0.2, -0.15) is 5.10 Å². The molecule has 2 N–H and O–H groups in total. The number of aryl methyl sites for hydroxylation is 1. The van der Waals surface area contributed by atoms with Crippen molar-refractivity contribution in [3.8, 4) is 0 Å². The van der Waals surface area contributed by atoms with Crippen LogP contribution in [0.3, 0.4) is 0 Å². The van der Waals surface area contributed by atoms with Gasteiger partial charge in [-0.25, -0.2) is 9.97 Å². The number of hydrogen-bond donors (Lipinski definition) is 2. The highest BCUT2D eigenvalue weighted by molar-refractivity contribution is 7.98. The molecule has 2 heterocycles. The normalized spacial score (nSPS) is 10.9. The van der Waals surface area contributed by atoms with Gasteiger partial charge in [0, 0.05) is 6.54 Å². The molecule has 2 aromatic heterocycles. The van der Waals surface area contributed by atoms with Gasteiger partial charge in [-0.1, -0.05) is 24.3 Å². The molecule has 0 bridgehead atoms. The van der Waals surface area contributed by atoms with Crippen LogP contribution in [-0.4, -0.2) is 26.4 Å². The summed E-state index contributed by atoms with van der Waals surface area (Å²) in [5.41, 5.74) is 3.28. The molecule has 3 rings (SSSR count). The predicted octanol–water partition coefficient (Wildman–Crippen LogP) is 3.00. The Bertz CT molecular complexity index is 737. The number of fused-ring (bicyclic) bond motifs is 1. The van der Waals surface area contributed by atoms with Crippen LogP contribution in [0.4, 0.5) is 5.82 Å². The number of hydrogen-bond acceptors (Lipinski definition) is 5. The zero-order chi connectivity index (χ0) is 13.9. The van der Waals surface area contributed by atoms with Gasteiger partial charge in [-0.15, -0.1) is 11.8 Å². The van der Waals surface area contributed by atoms with Crippen molar-refractivity contribution in [2.45, 2.75) is 18.5 Å². The van der Waals surface area contributed by atoms with E-state index in [2.05, 4.69) is 44.5 Å². The lowest BCUT2D eigenvalue weighted by molar-refractivity contribution is 1.02. The lowest BCUT2D eigenvalue weighted by atomic mass is 10.1. The molecule has 0 aliphatic heterocycles. The smallest absolute Gasteiger partial charge is 0.161 e. The molecular weight excluding hydrogens is 270 g/mol. The molecule has 6 heteroatoms. The van der Waals surface area contributed by atoms with Gasteiger partial charge in [0.05, 0.1) is 5.39 Å². The number of anilines is 1. The van der Waals surface area contributed by atoms with E-state index < -0.39 is 0 Å². The second-order valence-electron chi connectivity index (χ2n) is 4.46. The first-order valence-electron chi connectivity index (χ1n) is 6.31. The Morgan fingerprint density at radius 3 is 2.90 bits per heavy atom. The molecule has 0 saturated carbocycles. The monoisotopic (exact) mass is 285 g/mol. The molecule has 1 aromatic carbocycles. The number of nitrogens with one attached hydrogen (secondary N) is 2. The van der Waals surface area contributed by atoms with Crippen LogP contribution >= 0.6 is 11.8 Å². The van der Waals surface area contributed by atoms with Crippen LogP contribution in [0.25, 0.3) is 11.0 Å². The van der Waals surface area contributed by atoms with Crippen LogP contribution in [-0.2, 0) is 6.54 Å². The van der Waals surface area contributed by atoms with Crippen LogP contribution in [0.1, 0.15) is 11.1 Å². The highest BCUT2D eigenvalue weighted by atomic mass is 32.2. The zero-order valence-electron chi connectivity index (χ0n) is 11.3. The summed E-state index contributed by atoms with van der Waals surface area (Å²) in [6.45, 7) is 2.84. The fourth-order valence-corrected chi connectivity index (χ4v) is 2.64. The average molecular weight is 285 g/mol. The third-order valence-electron chi connectivity index (χ3n) is 3.23. The van der Waals surface area contributed by atoms with Crippen LogP contribution in [0.15, 0.2) is 35.6 Å². The number of thioether (sulfide) groups is 1. The highest BCUT2D eigenvalue weighted by Crippen LogP contribution is 2.27. The summed E-state index contributed by atoms with van der Waals surface area (Å²) >= 11 is 1.58. The minimum atomic E-state index is 0.734. The molecule has 0 amide bonds. The number of aromatic nitrogens is 4. The minimum absolute atomic E-state index is 0.734. The lowest BCUT2D eigenvalue weighted by Crippen LogP contribution is -2.03. The second kappa shape index (κ2) is 5.50. The first-order chi connectivity index (χ1) is 9.79. The summed E-state index contributed by atoms with van der Waals surface area (Å²) < 4.78 is 0. The largest absolute Gasteiger partial charge is 0.365 e. The molecular formula is C14H15N5S. The molecule has 0 aliphatic rings. The first kappa shape index (κ1) is 12.9. The van der Waals surface area contributed by atoms with Crippen molar-refractivity contribution in [3.63, 3.8) is 0 Å². The topological polar surface area (TPSA) is 66.5 Å². The standard InChI is InChI=1S/C14H15N5S/c1-9-5-3-4-6-10(9)7-15-12-11-13(17-8-16-12)18-19-14(11)20-2/h3-6,8H,7H2,1-2H3,(H2,15,16,17,18,19). The van der Waals surface area contributed by atoms with Crippen LogP contribution in [0.5, 0.6) is 0 Å². The van der Waals surface area contributed by atoms with Gasteiger partial charge in [-0.05, 0) is 24.3 Å². The summed E-state index contributed by atoms with van der Waals surface area (Å²) in [7, 11) is 0. The summed E-state index contributed by atoms with van der Waals surface area (Å²) in [4.78, 5) is 8.54. The predicted molar refractivity (Wildman–Crippen MR) is 82.0 cm³/mol. The van der Waals surface area contributed by atoms with Gasteiger partial charge in [0.1, 0.15) is 17.2 Å². The van der Waals surface area contributed by atoms with E-state index in [1.807, 2.05) is 18.4 Å². The van der Waals surface area contributed by atoms with Crippen molar-refractivity contribution in [3.05, 3.63) is 41.7 Å². The number of H-pyrrole nitrogens is 1. The highest BCUT2D eigenvalue weighted by Gasteiger charge is 2.11. The van der Waals surface area contributed by atoms with Gasteiger partial charge in [-0.3, -0.25) is 5.10 Å². The van der Waals surface area contributed by atoms with Crippen molar-refractivity contribution in [1.29, 1.82) is 0 Å². The van der Waals surface area contributed by atoms with E-state index in [1.54, 1.807) is 18.1 Å². The molecule has 102 valence electrons. The molecule has 0 radical (unpaired) electrons. The Hall–Kier alpha value is -2.08. The Morgan fingerprint density at radius 1 is 1.25 bits per heavy atom. The molecule has 3 aromatic rings. The van der Waals surface area contributed by atoms with Crippen LogP contribution in [0, 0.1) is 6.92 Å². The van der Waals surface area contributed by atoms with E-state index in [0.717, 1.165) is 28.4 Å². The summed E-state index contributed by atoms with van der Waals surface area (Å²) in [5, 5.41) is 12.4. The average Bonchev–Trinajstić information content (AvgIpc) is 2.90. The summed E-state index contributed by atoms with van der Waals surface area (Å²) in [5.74, 6) is 0.816. The fraction of sp³-hybridized carbons (Fsp3) is 0.214. The maximum Gasteiger partial charge on any atom is 0.161 e. The molecule has 0 saturated heterocycles. The van der Waals surface area contributed by atoms with Gasteiger partial charge >= 0.3 is 0 Å². The Balaban J connectivity index is 1.91. The second-order valence-corrected chi connectivity index (χ2v) is 5.25. The van der Waals surface area contributed by atoms with Gasteiger partial charge in [0.15, 0.2) is 5.65 Å². The Morgan fingerprint density at radius 2 is 2.10 bits per heavy atom. The van der Waals surface area contributed by atoms with E-state index in [0.29, 0.717) is 0 Å². The van der Waals surface area contributed by atoms with E-state index in [9.17, 15) is 0 Å².